The Hall–Kier alpha value is -4.02. The van der Waals surface area contributed by atoms with Crippen LogP contribution in [0.4, 0.5) is 18.9 Å². The predicted octanol–water partition coefficient (Wildman–Crippen LogP) is 4.39. The molecule has 1 N–H and O–H groups in total. The molecule has 1 aromatic heterocycles. The molecule has 3 aromatic rings. The minimum Gasteiger partial charge on any atom is -0.497 e. The summed E-state index contributed by atoms with van der Waals surface area (Å²) in [5.41, 5.74) is 0.942. The lowest BCUT2D eigenvalue weighted by Gasteiger charge is -2.22. The molecule has 0 radical (unpaired) electrons. The molecule has 1 atom stereocenters. The number of alkyl halides is 3. The quantitative estimate of drug-likeness (QED) is 0.465. The molecule has 1 fully saturated rings. The van der Waals surface area contributed by atoms with Crippen molar-refractivity contribution in [3.8, 4) is 28.4 Å². The van der Waals surface area contributed by atoms with Crippen molar-refractivity contribution in [2.75, 3.05) is 39.3 Å². The van der Waals surface area contributed by atoms with E-state index in [-0.39, 0.29) is 17.5 Å². The van der Waals surface area contributed by atoms with E-state index >= 15 is 0 Å². The van der Waals surface area contributed by atoms with Crippen LogP contribution in [-0.2, 0) is 23.8 Å². The summed E-state index contributed by atoms with van der Waals surface area (Å²) >= 11 is 0. The molecule has 8 nitrogen and oxygen atoms in total. The lowest BCUT2D eigenvalue weighted by atomic mass is 10.0. The van der Waals surface area contributed by atoms with Gasteiger partial charge in [0, 0.05) is 49.4 Å². The highest BCUT2D eigenvalue weighted by molar-refractivity contribution is 5.76. The van der Waals surface area contributed by atoms with Crippen LogP contribution in [0.5, 0.6) is 11.5 Å². The van der Waals surface area contributed by atoms with Gasteiger partial charge < -0.3 is 19.7 Å². The van der Waals surface area contributed by atoms with Crippen molar-refractivity contribution in [2.24, 2.45) is 5.92 Å². The van der Waals surface area contributed by atoms with Gasteiger partial charge in [0.05, 0.1) is 31.2 Å². The van der Waals surface area contributed by atoms with Crippen LogP contribution in [0.15, 0.2) is 41.2 Å². The van der Waals surface area contributed by atoms with Gasteiger partial charge in [-0.1, -0.05) is 0 Å². The van der Waals surface area contributed by atoms with Crippen molar-refractivity contribution in [1.82, 2.24) is 15.1 Å². The molecule has 1 amide bonds. The van der Waals surface area contributed by atoms with Crippen molar-refractivity contribution < 1.29 is 27.4 Å². The number of fused-ring (bicyclic) bond motifs is 1. The molecular weight excluding hydrogens is 525 g/mol. The molecule has 212 valence electrons. The molecule has 40 heavy (non-hydrogen) atoms. The van der Waals surface area contributed by atoms with Crippen LogP contribution in [-0.4, -0.2) is 50.0 Å². The molecular formula is C29H31F3N4O4. The number of halogens is 3. The van der Waals surface area contributed by atoms with Crippen LogP contribution in [0.2, 0.25) is 0 Å². The Morgan fingerprint density at radius 2 is 1.77 bits per heavy atom. The third kappa shape index (κ3) is 5.24. The highest BCUT2D eigenvalue weighted by Gasteiger charge is 2.36. The zero-order valence-corrected chi connectivity index (χ0v) is 22.6. The fourth-order valence-electron chi connectivity index (χ4n) is 5.64. The van der Waals surface area contributed by atoms with Crippen LogP contribution in [0.3, 0.4) is 0 Å². The third-order valence-corrected chi connectivity index (χ3v) is 7.70. The van der Waals surface area contributed by atoms with Gasteiger partial charge in [-0.2, -0.15) is 23.0 Å². The molecule has 1 saturated heterocycles. The van der Waals surface area contributed by atoms with E-state index in [1.165, 1.54) is 26.4 Å². The zero-order chi connectivity index (χ0) is 28.6. The fourth-order valence-corrected chi connectivity index (χ4v) is 5.64. The van der Waals surface area contributed by atoms with Crippen molar-refractivity contribution >= 4 is 11.6 Å². The largest absolute Gasteiger partial charge is 0.497 e. The smallest absolute Gasteiger partial charge is 0.418 e. The van der Waals surface area contributed by atoms with Crippen LogP contribution < -0.4 is 25.2 Å². The molecule has 1 aliphatic heterocycles. The molecule has 1 aliphatic carbocycles. The highest BCUT2D eigenvalue weighted by atomic mass is 19.4. The number of hydrogen-bond donors (Lipinski definition) is 1. The van der Waals surface area contributed by atoms with E-state index < -0.39 is 17.3 Å². The lowest BCUT2D eigenvalue weighted by Crippen LogP contribution is -2.29. The summed E-state index contributed by atoms with van der Waals surface area (Å²) in [6, 6.07) is 8.97. The van der Waals surface area contributed by atoms with Gasteiger partial charge in [0.15, 0.2) is 0 Å². The van der Waals surface area contributed by atoms with Gasteiger partial charge in [0.25, 0.3) is 5.56 Å². The number of anilines is 1. The van der Waals surface area contributed by atoms with Gasteiger partial charge >= 0.3 is 6.18 Å². The Morgan fingerprint density at radius 3 is 2.42 bits per heavy atom. The first-order chi connectivity index (χ1) is 19.1. The number of ether oxygens (including phenoxy) is 2. The van der Waals surface area contributed by atoms with Gasteiger partial charge in [0.2, 0.25) is 5.91 Å². The summed E-state index contributed by atoms with van der Waals surface area (Å²) < 4.78 is 54.5. The number of nitrogens with one attached hydrogen (secondary N) is 1. The first kappa shape index (κ1) is 27.5. The molecule has 0 bridgehead atoms. The molecule has 0 unspecified atom stereocenters. The van der Waals surface area contributed by atoms with Gasteiger partial charge in [0.1, 0.15) is 11.5 Å². The average molecular weight is 557 g/mol. The van der Waals surface area contributed by atoms with Gasteiger partial charge in [-0.15, -0.1) is 0 Å². The number of rotatable bonds is 7. The molecule has 0 spiro atoms. The normalized spacial score (nSPS) is 16.6. The zero-order valence-electron chi connectivity index (χ0n) is 22.6. The van der Waals surface area contributed by atoms with E-state index in [0.717, 1.165) is 22.7 Å². The summed E-state index contributed by atoms with van der Waals surface area (Å²) in [5.74, 6) is 1.01. The molecule has 2 heterocycles. The number of amides is 1. The van der Waals surface area contributed by atoms with E-state index in [9.17, 15) is 22.8 Å². The van der Waals surface area contributed by atoms with E-state index in [1.807, 2.05) is 4.90 Å². The highest BCUT2D eigenvalue weighted by Crippen LogP contribution is 2.38. The molecule has 0 saturated carbocycles. The van der Waals surface area contributed by atoms with Crippen molar-refractivity contribution in [3.63, 3.8) is 0 Å². The summed E-state index contributed by atoms with van der Waals surface area (Å²) in [6.07, 6.45) is -1.86. The first-order valence-electron chi connectivity index (χ1n) is 13.2. The molecule has 5 rings (SSSR count). The van der Waals surface area contributed by atoms with Gasteiger partial charge in [-0.05, 0) is 67.5 Å². The lowest BCUT2D eigenvalue weighted by molar-refractivity contribution is -0.137. The Morgan fingerprint density at radius 1 is 1.07 bits per heavy atom. The van der Waals surface area contributed by atoms with Gasteiger partial charge in [-0.3, -0.25) is 9.59 Å². The van der Waals surface area contributed by atoms with Crippen molar-refractivity contribution in [1.29, 1.82) is 0 Å². The van der Waals surface area contributed by atoms with Crippen molar-refractivity contribution in [2.45, 2.75) is 38.3 Å². The third-order valence-electron chi connectivity index (χ3n) is 7.70. The number of benzene rings is 2. The second-order valence-corrected chi connectivity index (χ2v) is 10.2. The SMILES string of the molecule is CNC(=O)C[C@@H]1CCN(c2ccc(C(F)(F)F)c(-n3nc(-c4cc(OC)cc(OC)c4)c4c(c3=O)CCC4)c2)C1. The fraction of sp³-hybridized carbons (Fsp3) is 0.414. The van der Waals surface area contributed by atoms with Crippen LogP contribution in [0.25, 0.3) is 16.9 Å². The Labute approximate surface area is 229 Å². The standard InChI is InChI=1S/C29H31F3N4O4/c1-33-26(37)11-17-9-10-35(16-17)19-7-8-24(29(30,31)32)25(14-19)36-28(38)23-6-4-5-22(23)27(34-36)18-12-20(39-2)15-21(13-18)40-3/h7-8,12-15,17H,4-6,9-11,16H2,1-3H3,(H,33,37)/t17-/m0/s1. The number of carbonyl (C=O) groups excluding carboxylic acids is 1. The summed E-state index contributed by atoms with van der Waals surface area (Å²) in [5, 5.41) is 7.18. The predicted molar refractivity (Wildman–Crippen MR) is 144 cm³/mol. The number of hydrogen-bond acceptors (Lipinski definition) is 6. The van der Waals surface area contributed by atoms with E-state index in [1.54, 1.807) is 25.2 Å². The Balaban J connectivity index is 1.65. The minimum atomic E-state index is -4.71. The molecule has 2 aliphatic rings. The topological polar surface area (TPSA) is 85.7 Å². The van der Waals surface area contributed by atoms with Crippen LogP contribution in [0.1, 0.15) is 36.0 Å². The Bertz CT molecular complexity index is 1480. The summed E-state index contributed by atoms with van der Waals surface area (Å²) in [4.78, 5) is 27.4. The monoisotopic (exact) mass is 556 g/mol. The second-order valence-electron chi connectivity index (χ2n) is 10.2. The molecule has 2 aromatic carbocycles. The minimum absolute atomic E-state index is 0.0736. The number of methoxy groups -OCH3 is 2. The van der Waals surface area contributed by atoms with E-state index in [2.05, 4.69) is 10.4 Å². The van der Waals surface area contributed by atoms with E-state index in [4.69, 9.17) is 9.47 Å². The number of aromatic nitrogens is 2. The summed E-state index contributed by atoms with van der Waals surface area (Å²) in [7, 11) is 4.60. The maximum Gasteiger partial charge on any atom is 0.418 e. The van der Waals surface area contributed by atoms with Crippen molar-refractivity contribution in [3.05, 3.63) is 63.4 Å². The Kier molecular flexibility index (Phi) is 7.48. The average Bonchev–Trinajstić information content (AvgIpc) is 3.62. The first-order valence-corrected chi connectivity index (χ1v) is 13.2. The van der Waals surface area contributed by atoms with Crippen LogP contribution >= 0.6 is 0 Å². The maximum absolute atomic E-state index is 14.3. The number of carbonyl (C=O) groups is 1. The molecule has 11 heteroatoms. The summed E-state index contributed by atoms with van der Waals surface area (Å²) in [6.45, 7) is 1.12. The second kappa shape index (κ2) is 10.9. The number of nitrogens with zero attached hydrogens (tertiary/aromatic N) is 3. The van der Waals surface area contributed by atoms with Crippen LogP contribution in [0, 0.1) is 5.92 Å². The maximum atomic E-state index is 14.3. The van der Waals surface area contributed by atoms with Gasteiger partial charge in [-0.25, -0.2) is 0 Å². The van der Waals surface area contributed by atoms with E-state index in [0.29, 0.717) is 72.8 Å².